The Kier molecular flexibility index (Phi) is 5.04. The molecule has 0 aliphatic rings. The average Bonchev–Trinajstić information content (AvgIpc) is 2.42. The minimum atomic E-state index is -0.346. The monoisotopic (exact) mass is 324 g/mol. The van der Waals surface area contributed by atoms with Gasteiger partial charge in [-0.1, -0.05) is 23.2 Å². The molecule has 0 fully saturated rings. The number of amides is 1. The molecule has 1 N–H and O–H groups in total. The highest BCUT2D eigenvalue weighted by molar-refractivity contribution is 6.33. The lowest BCUT2D eigenvalue weighted by Gasteiger charge is -2.13. The maximum Gasteiger partial charge on any atom is 0.258 e. The van der Waals surface area contributed by atoms with Crippen molar-refractivity contribution in [1.82, 2.24) is 4.98 Å². The Morgan fingerprint density at radius 3 is 2.67 bits per heavy atom. The van der Waals surface area contributed by atoms with E-state index in [0.29, 0.717) is 22.0 Å². The largest absolute Gasteiger partial charge is 0.489 e. The number of ether oxygens (including phenoxy) is 1. The SMILES string of the molecule is CC(C)Oc1ccc(NC(=O)c2cccnc2Cl)cc1Cl. The van der Waals surface area contributed by atoms with Crippen LogP contribution in [0.2, 0.25) is 10.2 Å². The molecule has 4 nitrogen and oxygen atoms in total. The summed E-state index contributed by atoms with van der Waals surface area (Å²) in [4.78, 5) is 16.0. The van der Waals surface area contributed by atoms with Crippen LogP contribution in [0.15, 0.2) is 36.5 Å². The molecule has 0 bridgehead atoms. The maximum absolute atomic E-state index is 12.1. The van der Waals surface area contributed by atoms with E-state index in [0.717, 1.165) is 0 Å². The van der Waals surface area contributed by atoms with Gasteiger partial charge in [-0.05, 0) is 44.2 Å². The molecule has 2 aromatic rings. The number of hydrogen-bond donors (Lipinski definition) is 1. The first-order chi connectivity index (χ1) is 9.97. The molecule has 0 unspecified atom stereocenters. The summed E-state index contributed by atoms with van der Waals surface area (Å²) in [6.07, 6.45) is 1.55. The number of pyridine rings is 1. The number of anilines is 1. The van der Waals surface area contributed by atoms with E-state index in [1.54, 1.807) is 30.3 Å². The van der Waals surface area contributed by atoms with Gasteiger partial charge in [-0.3, -0.25) is 4.79 Å². The first-order valence-electron chi connectivity index (χ1n) is 6.35. The van der Waals surface area contributed by atoms with Gasteiger partial charge in [0.25, 0.3) is 5.91 Å². The molecule has 21 heavy (non-hydrogen) atoms. The first-order valence-corrected chi connectivity index (χ1v) is 7.11. The molecule has 0 aliphatic heterocycles. The zero-order chi connectivity index (χ0) is 15.4. The van der Waals surface area contributed by atoms with Gasteiger partial charge in [-0.2, -0.15) is 0 Å². The minimum Gasteiger partial charge on any atom is -0.489 e. The molecular formula is C15H14Cl2N2O2. The number of hydrogen-bond acceptors (Lipinski definition) is 3. The molecule has 110 valence electrons. The molecule has 1 aromatic heterocycles. The van der Waals surface area contributed by atoms with Crippen molar-refractivity contribution < 1.29 is 9.53 Å². The lowest BCUT2D eigenvalue weighted by atomic mass is 10.2. The Morgan fingerprint density at radius 1 is 1.29 bits per heavy atom. The first kappa shape index (κ1) is 15.6. The van der Waals surface area contributed by atoms with Crippen molar-refractivity contribution in [2.24, 2.45) is 0 Å². The van der Waals surface area contributed by atoms with Crippen molar-refractivity contribution in [2.75, 3.05) is 5.32 Å². The molecule has 0 aliphatic carbocycles. The summed E-state index contributed by atoms with van der Waals surface area (Å²) >= 11 is 12.0. The molecular weight excluding hydrogens is 311 g/mol. The summed E-state index contributed by atoms with van der Waals surface area (Å²) in [5.74, 6) is 0.228. The number of aromatic nitrogens is 1. The van der Waals surface area contributed by atoms with Gasteiger partial charge in [-0.15, -0.1) is 0 Å². The fourth-order valence-corrected chi connectivity index (χ4v) is 2.11. The molecule has 0 atom stereocenters. The number of carbonyl (C=O) groups is 1. The molecule has 1 aromatic carbocycles. The summed E-state index contributed by atoms with van der Waals surface area (Å²) in [6, 6.07) is 8.30. The molecule has 2 rings (SSSR count). The Hall–Kier alpha value is -1.78. The molecule has 1 amide bonds. The van der Waals surface area contributed by atoms with Gasteiger partial charge in [0.2, 0.25) is 0 Å². The molecule has 1 heterocycles. The van der Waals surface area contributed by atoms with Crippen molar-refractivity contribution in [2.45, 2.75) is 20.0 Å². The Labute approximate surface area is 133 Å². The van der Waals surface area contributed by atoms with Gasteiger partial charge < -0.3 is 10.1 Å². The number of nitrogens with one attached hydrogen (secondary N) is 1. The van der Waals surface area contributed by atoms with Gasteiger partial charge in [0.05, 0.1) is 16.7 Å². The summed E-state index contributed by atoms with van der Waals surface area (Å²) < 4.78 is 5.53. The summed E-state index contributed by atoms with van der Waals surface area (Å²) in [6.45, 7) is 3.83. The van der Waals surface area contributed by atoms with E-state index in [4.69, 9.17) is 27.9 Å². The van der Waals surface area contributed by atoms with Crippen molar-refractivity contribution in [3.8, 4) is 5.75 Å². The third kappa shape index (κ3) is 4.09. The highest BCUT2D eigenvalue weighted by Crippen LogP contribution is 2.28. The van der Waals surface area contributed by atoms with E-state index in [2.05, 4.69) is 10.3 Å². The molecule has 0 saturated heterocycles. The topological polar surface area (TPSA) is 51.2 Å². The number of benzene rings is 1. The zero-order valence-electron chi connectivity index (χ0n) is 11.6. The summed E-state index contributed by atoms with van der Waals surface area (Å²) in [5, 5.41) is 3.30. The van der Waals surface area contributed by atoms with Crippen molar-refractivity contribution in [1.29, 1.82) is 0 Å². The second-order valence-corrected chi connectivity index (χ2v) is 5.37. The van der Waals surface area contributed by atoms with Gasteiger partial charge in [-0.25, -0.2) is 4.98 Å². The van der Waals surface area contributed by atoms with Crippen LogP contribution >= 0.6 is 23.2 Å². The minimum absolute atomic E-state index is 0.0251. The van der Waals surface area contributed by atoms with E-state index in [1.165, 1.54) is 6.20 Å². The standard InChI is InChI=1S/C15H14Cl2N2O2/c1-9(2)21-13-6-5-10(8-12(13)16)19-15(20)11-4-3-7-18-14(11)17/h3-9H,1-2H3,(H,19,20). The third-order valence-electron chi connectivity index (χ3n) is 2.56. The van der Waals surface area contributed by atoms with E-state index in [9.17, 15) is 4.79 Å². The van der Waals surface area contributed by atoms with E-state index < -0.39 is 0 Å². The molecule has 6 heteroatoms. The van der Waals surface area contributed by atoms with Crippen LogP contribution in [0.25, 0.3) is 0 Å². The highest BCUT2D eigenvalue weighted by atomic mass is 35.5. The highest BCUT2D eigenvalue weighted by Gasteiger charge is 2.12. The fraction of sp³-hybridized carbons (Fsp3) is 0.200. The average molecular weight is 325 g/mol. The fourth-order valence-electron chi connectivity index (χ4n) is 1.68. The van der Waals surface area contributed by atoms with Crippen molar-refractivity contribution in [3.63, 3.8) is 0 Å². The van der Waals surface area contributed by atoms with Gasteiger partial charge in [0, 0.05) is 11.9 Å². The number of rotatable bonds is 4. The Bertz CT molecular complexity index is 660. The smallest absolute Gasteiger partial charge is 0.258 e. The molecule has 0 radical (unpaired) electrons. The Balaban J connectivity index is 2.15. The van der Waals surface area contributed by atoms with Crippen LogP contribution in [0.5, 0.6) is 5.75 Å². The second kappa shape index (κ2) is 6.78. The van der Waals surface area contributed by atoms with Crippen LogP contribution in [0, 0.1) is 0 Å². The van der Waals surface area contributed by atoms with E-state index in [-0.39, 0.29) is 17.2 Å². The number of carbonyl (C=O) groups excluding carboxylic acids is 1. The normalized spacial score (nSPS) is 10.5. The van der Waals surface area contributed by atoms with Crippen LogP contribution in [-0.4, -0.2) is 17.0 Å². The summed E-state index contributed by atoms with van der Waals surface area (Å²) in [5.41, 5.74) is 0.860. The third-order valence-corrected chi connectivity index (χ3v) is 3.15. The predicted molar refractivity (Wildman–Crippen MR) is 84.4 cm³/mol. The van der Waals surface area contributed by atoms with Gasteiger partial charge in [0.15, 0.2) is 0 Å². The van der Waals surface area contributed by atoms with Crippen molar-refractivity contribution in [3.05, 3.63) is 52.3 Å². The predicted octanol–water partition coefficient (Wildman–Crippen LogP) is 4.43. The van der Waals surface area contributed by atoms with E-state index in [1.807, 2.05) is 13.8 Å². The van der Waals surface area contributed by atoms with Crippen molar-refractivity contribution >= 4 is 34.8 Å². The van der Waals surface area contributed by atoms with Crippen LogP contribution < -0.4 is 10.1 Å². The quantitative estimate of drug-likeness (QED) is 0.846. The maximum atomic E-state index is 12.1. The Morgan fingerprint density at radius 2 is 2.05 bits per heavy atom. The number of halogens is 2. The van der Waals surface area contributed by atoms with Crippen LogP contribution in [0.1, 0.15) is 24.2 Å². The number of nitrogens with zero attached hydrogens (tertiary/aromatic N) is 1. The second-order valence-electron chi connectivity index (χ2n) is 4.61. The van der Waals surface area contributed by atoms with Crippen LogP contribution in [0.3, 0.4) is 0 Å². The van der Waals surface area contributed by atoms with Gasteiger partial charge >= 0.3 is 0 Å². The van der Waals surface area contributed by atoms with Crippen LogP contribution in [0.4, 0.5) is 5.69 Å². The lowest BCUT2D eigenvalue weighted by Crippen LogP contribution is -2.13. The zero-order valence-corrected chi connectivity index (χ0v) is 13.1. The molecule has 0 spiro atoms. The van der Waals surface area contributed by atoms with Crippen LogP contribution in [-0.2, 0) is 0 Å². The lowest BCUT2D eigenvalue weighted by molar-refractivity contribution is 0.102. The molecule has 0 saturated carbocycles. The summed E-state index contributed by atoms with van der Waals surface area (Å²) in [7, 11) is 0. The van der Waals surface area contributed by atoms with Gasteiger partial charge in [0.1, 0.15) is 10.9 Å². The van der Waals surface area contributed by atoms with E-state index >= 15 is 0 Å².